The van der Waals surface area contributed by atoms with Gasteiger partial charge in [0.1, 0.15) is 0 Å². The minimum atomic E-state index is -5.96. The fraction of sp³-hybridized carbons (Fsp3) is 0.889. The zero-order chi connectivity index (χ0) is 14.6. The van der Waals surface area contributed by atoms with Crippen molar-refractivity contribution in [2.45, 2.75) is 31.0 Å². The maximum absolute atomic E-state index is 12.5. The Balaban J connectivity index is 4.43. The lowest BCUT2D eigenvalue weighted by molar-refractivity contribution is -0.270. The van der Waals surface area contributed by atoms with Gasteiger partial charge in [0.15, 0.2) is 0 Å². The summed E-state index contributed by atoms with van der Waals surface area (Å²) in [6.07, 6.45) is -5.99. The van der Waals surface area contributed by atoms with Gasteiger partial charge in [0.05, 0.1) is 5.60 Å². The molecule has 0 bridgehead atoms. The minimum absolute atomic E-state index is 0.0264. The molecule has 1 amide bonds. The molecule has 4 nitrogen and oxygen atoms in total. The number of nitrogens with one attached hydrogen (secondary N) is 1. The third-order valence-corrected chi connectivity index (χ3v) is 2.12. The Hall–Kier alpha value is -0.960. The Morgan fingerprint density at radius 2 is 1.78 bits per heavy atom. The zero-order valence-electron chi connectivity index (χ0n) is 9.77. The molecule has 2 N–H and O–H groups in total. The number of amides is 1. The molecule has 0 radical (unpaired) electrons. The molecule has 1 atom stereocenters. The Morgan fingerprint density at radius 3 is 2.17 bits per heavy atom. The summed E-state index contributed by atoms with van der Waals surface area (Å²) < 4.78 is 65.1. The molecule has 0 saturated heterocycles. The summed E-state index contributed by atoms with van der Waals surface area (Å²) in [5.41, 5.74) is -1.63. The lowest BCUT2D eigenvalue weighted by Crippen LogP contribution is -2.53. The van der Waals surface area contributed by atoms with Crippen molar-refractivity contribution in [3.63, 3.8) is 0 Å². The molecule has 0 heterocycles. The summed E-state index contributed by atoms with van der Waals surface area (Å²) in [4.78, 5) is 10.7. The zero-order valence-corrected chi connectivity index (χ0v) is 9.77. The first-order valence-electron chi connectivity index (χ1n) is 4.88. The molecule has 0 saturated carbocycles. The highest BCUT2D eigenvalue weighted by Gasteiger charge is 2.63. The van der Waals surface area contributed by atoms with Crippen molar-refractivity contribution in [2.75, 3.05) is 20.3 Å². The van der Waals surface area contributed by atoms with Gasteiger partial charge in [-0.05, 0) is 6.92 Å². The van der Waals surface area contributed by atoms with Gasteiger partial charge in [-0.25, -0.2) is 0 Å². The van der Waals surface area contributed by atoms with Crippen LogP contribution in [0.2, 0.25) is 0 Å². The van der Waals surface area contributed by atoms with Crippen molar-refractivity contribution in [2.24, 2.45) is 0 Å². The number of hydrogen-bond acceptors (Lipinski definition) is 3. The maximum Gasteiger partial charge on any atom is 0.463 e. The monoisotopic (exact) mass is 279 g/mol. The molecule has 0 rings (SSSR count). The number of methoxy groups -OCH3 is 1. The predicted octanol–water partition coefficient (Wildman–Crippen LogP) is 1.09. The fourth-order valence-corrected chi connectivity index (χ4v) is 0.921. The van der Waals surface area contributed by atoms with Crippen LogP contribution in [0.5, 0.6) is 0 Å². The van der Waals surface area contributed by atoms with Crippen molar-refractivity contribution in [3.05, 3.63) is 0 Å². The fourth-order valence-electron chi connectivity index (χ4n) is 0.921. The van der Waals surface area contributed by atoms with Gasteiger partial charge in [-0.1, -0.05) is 0 Å². The van der Waals surface area contributed by atoms with Gasteiger partial charge in [0, 0.05) is 26.7 Å². The van der Waals surface area contributed by atoms with E-state index in [9.17, 15) is 31.9 Å². The number of alkyl halides is 5. The average Bonchev–Trinajstić information content (AvgIpc) is 2.21. The topological polar surface area (TPSA) is 58.6 Å². The van der Waals surface area contributed by atoms with E-state index in [1.54, 1.807) is 0 Å². The molecule has 108 valence electrons. The average molecular weight is 279 g/mol. The third kappa shape index (κ3) is 4.73. The Labute approximate surface area is 100 Å². The van der Waals surface area contributed by atoms with Crippen molar-refractivity contribution in [3.8, 4) is 0 Å². The summed E-state index contributed by atoms with van der Waals surface area (Å²) in [5.74, 6) is -7.97. The van der Waals surface area contributed by atoms with Crippen molar-refractivity contribution >= 4 is 5.91 Å². The second-order valence-corrected chi connectivity index (χ2v) is 3.99. The van der Waals surface area contributed by atoms with Crippen LogP contribution in [0, 0.1) is 0 Å². The van der Waals surface area contributed by atoms with E-state index in [0.29, 0.717) is 0 Å². The lowest BCUT2D eigenvalue weighted by atomic mass is 10.0. The largest absolute Gasteiger partial charge is 0.463 e. The number of ether oxygens (including phenoxy) is 1. The van der Waals surface area contributed by atoms with Gasteiger partial charge in [-0.15, -0.1) is 0 Å². The first kappa shape index (κ1) is 17.0. The van der Waals surface area contributed by atoms with Gasteiger partial charge in [-0.3, -0.25) is 4.79 Å². The Bertz CT molecular complexity index is 290. The molecular weight excluding hydrogens is 265 g/mol. The summed E-state index contributed by atoms with van der Waals surface area (Å²) in [6, 6.07) is 0. The number of aliphatic hydroxyl groups is 1. The molecule has 0 aliphatic heterocycles. The number of carbonyl (C=O) groups is 1. The van der Waals surface area contributed by atoms with E-state index >= 15 is 0 Å². The minimum Gasteiger partial charge on any atom is -0.388 e. The first-order valence-corrected chi connectivity index (χ1v) is 4.88. The summed E-state index contributed by atoms with van der Waals surface area (Å²) >= 11 is 0. The van der Waals surface area contributed by atoms with Crippen LogP contribution < -0.4 is 5.32 Å². The van der Waals surface area contributed by atoms with Crippen LogP contribution in [0.15, 0.2) is 0 Å². The maximum atomic E-state index is 12.5. The highest BCUT2D eigenvalue weighted by molar-refractivity contribution is 5.84. The quantitative estimate of drug-likeness (QED) is 0.715. The van der Waals surface area contributed by atoms with E-state index in [2.05, 4.69) is 4.74 Å². The van der Waals surface area contributed by atoms with Crippen molar-refractivity contribution in [1.29, 1.82) is 0 Å². The van der Waals surface area contributed by atoms with Crippen LogP contribution >= 0.6 is 0 Å². The van der Waals surface area contributed by atoms with Crippen LogP contribution in [0.1, 0.15) is 13.3 Å². The van der Waals surface area contributed by atoms with Gasteiger partial charge < -0.3 is 15.2 Å². The summed E-state index contributed by atoms with van der Waals surface area (Å²) in [6.45, 7) is 0.511. The highest BCUT2D eigenvalue weighted by atomic mass is 19.4. The number of hydrogen-bond donors (Lipinski definition) is 2. The highest BCUT2D eigenvalue weighted by Crippen LogP contribution is 2.35. The van der Waals surface area contributed by atoms with E-state index in [-0.39, 0.29) is 13.0 Å². The summed E-state index contributed by atoms with van der Waals surface area (Å²) in [5, 5.41) is 10.9. The Kier molecular flexibility index (Phi) is 5.48. The molecule has 0 aromatic carbocycles. The van der Waals surface area contributed by atoms with E-state index < -0.39 is 30.2 Å². The number of rotatable bonds is 6. The molecule has 0 aromatic heterocycles. The lowest BCUT2D eigenvalue weighted by Gasteiger charge is -2.25. The molecule has 0 fully saturated rings. The summed E-state index contributed by atoms with van der Waals surface area (Å²) in [7, 11) is 1.33. The molecular formula is C9H14F5NO3. The van der Waals surface area contributed by atoms with E-state index in [0.717, 1.165) is 0 Å². The second kappa shape index (κ2) is 5.79. The van der Waals surface area contributed by atoms with Crippen LogP contribution in [0.25, 0.3) is 0 Å². The molecule has 18 heavy (non-hydrogen) atoms. The van der Waals surface area contributed by atoms with E-state index in [4.69, 9.17) is 0 Å². The van der Waals surface area contributed by atoms with Crippen LogP contribution in [-0.2, 0) is 9.53 Å². The predicted molar refractivity (Wildman–Crippen MR) is 51.1 cm³/mol. The van der Waals surface area contributed by atoms with Gasteiger partial charge in [0.25, 0.3) is 5.91 Å². The first-order chi connectivity index (χ1) is 7.94. The van der Waals surface area contributed by atoms with Crippen LogP contribution in [0.4, 0.5) is 22.0 Å². The van der Waals surface area contributed by atoms with Gasteiger partial charge in [0.2, 0.25) is 0 Å². The smallest absolute Gasteiger partial charge is 0.388 e. The van der Waals surface area contributed by atoms with Crippen molar-refractivity contribution < 1.29 is 36.6 Å². The Morgan fingerprint density at radius 1 is 1.28 bits per heavy atom. The molecule has 0 aliphatic carbocycles. The second-order valence-electron chi connectivity index (χ2n) is 3.99. The van der Waals surface area contributed by atoms with Gasteiger partial charge >= 0.3 is 12.1 Å². The number of carbonyl (C=O) groups excluding carboxylic acids is 1. The SMILES string of the molecule is COCCC(C)(O)CNC(=O)C(F)(F)C(F)(F)F. The molecule has 1 unspecified atom stereocenters. The molecule has 0 aromatic rings. The van der Waals surface area contributed by atoms with Crippen LogP contribution in [0.3, 0.4) is 0 Å². The number of halogens is 5. The molecule has 0 spiro atoms. The third-order valence-electron chi connectivity index (χ3n) is 2.12. The van der Waals surface area contributed by atoms with E-state index in [1.807, 2.05) is 0 Å². The molecule has 0 aliphatic rings. The standard InChI is InChI=1S/C9H14F5NO3/c1-7(17,3-4-18-2)5-15-6(16)8(10,11)9(12,13)14/h17H,3-5H2,1-2H3,(H,15,16). The van der Waals surface area contributed by atoms with Crippen LogP contribution in [-0.4, -0.2) is 49.0 Å². The van der Waals surface area contributed by atoms with E-state index in [1.165, 1.54) is 19.4 Å². The van der Waals surface area contributed by atoms with Gasteiger partial charge in [-0.2, -0.15) is 22.0 Å². The van der Waals surface area contributed by atoms with Crippen molar-refractivity contribution in [1.82, 2.24) is 5.32 Å². The normalized spacial score (nSPS) is 16.2. The molecule has 9 heteroatoms.